The average Bonchev–Trinajstić information content (AvgIpc) is 3.35. The number of aryl methyl sites for hydroxylation is 2. The molecule has 2 aromatic heterocycles. The van der Waals surface area contributed by atoms with E-state index in [1.54, 1.807) is 18.4 Å². The number of thiazole rings is 1. The van der Waals surface area contributed by atoms with Gasteiger partial charge < -0.3 is 19.4 Å². The van der Waals surface area contributed by atoms with Crippen LogP contribution in [0, 0.1) is 19.8 Å². The van der Waals surface area contributed by atoms with Gasteiger partial charge in [-0.1, -0.05) is 0 Å². The fourth-order valence-electron chi connectivity index (χ4n) is 3.77. The van der Waals surface area contributed by atoms with Crippen molar-refractivity contribution in [3.63, 3.8) is 0 Å². The lowest BCUT2D eigenvalue weighted by atomic mass is 9.97. The summed E-state index contributed by atoms with van der Waals surface area (Å²) >= 11 is 1.64. The summed E-state index contributed by atoms with van der Waals surface area (Å²) in [6, 6.07) is 0. The Kier molecular flexibility index (Phi) is 10.8. The number of nitrogens with zero attached hydrogens (tertiary/aromatic N) is 5. The first-order chi connectivity index (χ1) is 14.9. The number of piperidine rings is 1. The highest BCUT2D eigenvalue weighted by molar-refractivity contribution is 14.0. The number of rotatable bonds is 8. The molecule has 0 aliphatic carbocycles. The molecule has 0 aromatic carbocycles. The molecule has 32 heavy (non-hydrogen) atoms. The summed E-state index contributed by atoms with van der Waals surface area (Å²) in [5.41, 5.74) is 2.03. The van der Waals surface area contributed by atoms with Gasteiger partial charge in [-0.25, -0.2) is 9.97 Å². The van der Waals surface area contributed by atoms with Crippen LogP contribution in [0.2, 0.25) is 0 Å². The Morgan fingerprint density at radius 2 is 2.09 bits per heavy atom. The molecular formula is C22H37IN6O2S. The zero-order valence-corrected chi connectivity index (χ0v) is 23.2. The van der Waals surface area contributed by atoms with E-state index in [1.165, 1.54) is 0 Å². The molecule has 1 saturated heterocycles. The number of ether oxygens (including phenoxy) is 1. The Bertz CT molecular complexity index is 843. The lowest BCUT2D eigenvalue weighted by Gasteiger charge is -2.32. The summed E-state index contributed by atoms with van der Waals surface area (Å²) in [6.07, 6.45) is 2.36. The Morgan fingerprint density at radius 1 is 1.38 bits per heavy atom. The predicted octanol–water partition coefficient (Wildman–Crippen LogP) is 3.99. The van der Waals surface area contributed by atoms with Crippen LogP contribution in [0.5, 0.6) is 0 Å². The number of halogens is 1. The minimum Gasteiger partial charge on any atom is -0.444 e. The molecule has 0 spiro atoms. The van der Waals surface area contributed by atoms with Gasteiger partial charge >= 0.3 is 0 Å². The Balaban J connectivity index is 0.00000363. The zero-order chi connectivity index (χ0) is 22.4. The molecule has 0 bridgehead atoms. The summed E-state index contributed by atoms with van der Waals surface area (Å²) in [6.45, 7) is 10.6. The van der Waals surface area contributed by atoms with Gasteiger partial charge in [0.2, 0.25) is 5.89 Å². The maximum absolute atomic E-state index is 5.74. The molecule has 3 heterocycles. The van der Waals surface area contributed by atoms with Crippen LogP contribution in [0.25, 0.3) is 0 Å². The molecule has 10 heteroatoms. The number of aliphatic imine (C=N–C) groups is 1. The number of oxazole rings is 1. The second-order valence-electron chi connectivity index (χ2n) is 8.31. The molecule has 0 saturated carbocycles. The van der Waals surface area contributed by atoms with Crippen molar-refractivity contribution in [2.24, 2.45) is 10.9 Å². The molecule has 1 aliphatic heterocycles. The number of nitrogens with one attached hydrogen (secondary N) is 1. The van der Waals surface area contributed by atoms with Gasteiger partial charge in [-0.2, -0.15) is 0 Å². The van der Waals surface area contributed by atoms with E-state index < -0.39 is 0 Å². The van der Waals surface area contributed by atoms with Crippen molar-refractivity contribution >= 4 is 41.3 Å². The Labute approximate surface area is 212 Å². The molecule has 3 rings (SSSR count). The zero-order valence-electron chi connectivity index (χ0n) is 20.1. The molecule has 1 fully saturated rings. The van der Waals surface area contributed by atoms with Crippen molar-refractivity contribution in [2.45, 2.75) is 52.8 Å². The number of likely N-dealkylation sites (tertiary alicyclic amines) is 1. The SMILES string of the molecule is CN=C(NCC1CCN(Cc2nc(C)c(C)o2)CC1)N(C)Cc1csc(C(C)OC)n1.I. The largest absolute Gasteiger partial charge is 0.444 e. The second kappa shape index (κ2) is 12.9. The van der Waals surface area contributed by atoms with Crippen molar-refractivity contribution in [3.8, 4) is 0 Å². The molecular weight excluding hydrogens is 539 g/mol. The van der Waals surface area contributed by atoms with Gasteiger partial charge in [-0.15, -0.1) is 35.3 Å². The van der Waals surface area contributed by atoms with E-state index in [-0.39, 0.29) is 30.1 Å². The first-order valence-electron chi connectivity index (χ1n) is 10.9. The van der Waals surface area contributed by atoms with Crippen molar-refractivity contribution < 1.29 is 9.15 Å². The topological polar surface area (TPSA) is 79.0 Å². The number of guanidine groups is 1. The van der Waals surface area contributed by atoms with Gasteiger partial charge in [0.05, 0.1) is 24.5 Å². The predicted molar refractivity (Wildman–Crippen MR) is 140 cm³/mol. The van der Waals surface area contributed by atoms with E-state index in [0.29, 0.717) is 5.92 Å². The van der Waals surface area contributed by atoms with Crippen LogP contribution in [0.3, 0.4) is 0 Å². The summed E-state index contributed by atoms with van der Waals surface area (Å²) in [5, 5.41) is 6.66. The van der Waals surface area contributed by atoms with E-state index in [2.05, 4.69) is 42.5 Å². The van der Waals surface area contributed by atoms with Gasteiger partial charge in [0.15, 0.2) is 5.96 Å². The minimum atomic E-state index is 0. The minimum absolute atomic E-state index is 0. The highest BCUT2D eigenvalue weighted by Gasteiger charge is 2.22. The third kappa shape index (κ3) is 7.39. The molecule has 2 aromatic rings. The monoisotopic (exact) mass is 576 g/mol. The maximum Gasteiger partial charge on any atom is 0.208 e. The molecule has 8 nitrogen and oxygen atoms in total. The summed E-state index contributed by atoms with van der Waals surface area (Å²) in [5.74, 6) is 3.30. The van der Waals surface area contributed by atoms with Crippen molar-refractivity contribution in [1.82, 2.24) is 25.1 Å². The van der Waals surface area contributed by atoms with E-state index in [0.717, 1.165) is 79.6 Å². The lowest BCUT2D eigenvalue weighted by molar-refractivity contribution is 0.119. The van der Waals surface area contributed by atoms with Crippen LogP contribution in [-0.4, -0.2) is 66.6 Å². The van der Waals surface area contributed by atoms with E-state index >= 15 is 0 Å². The van der Waals surface area contributed by atoms with Crippen LogP contribution >= 0.6 is 35.3 Å². The second-order valence-corrected chi connectivity index (χ2v) is 9.20. The van der Waals surface area contributed by atoms with Gasteiger partial charge in [-0.05, 0) is 52.6 Å². The van der Waals surface area contributed by atoms with Crippen molar-refractivity contribution in [1.29, 1.82) is 0 Å². The molecule has 1 N–H and O–H groups in total. The van der Waals surface area contributed by atoms with Crippen molar-refractivity contribution in [3.05, 3.63) is 33.4 Å². The van der Waals surface area contributed by atoms with Gasteiger partial charge in [0, 0.05) is 33.1 Å². The highest BCUT2D eigenvalue weighted by Crippen LogP contribution is 2.21. The van der Waals surface area contributed by atoms with Crippen LogP contribution in [0.1, 0.15) is 53.9 Å². The standard InChI is InChI=1S/C22H36N6O2S.HI/c1-15-16(2)30-20(25-15)13-28-9-7-18(8-10-28)11-24-22(23-4)27(5)12-19-14-31-21(26-19)17(3)29-6;/h14,17-18H,7-13H2,1-6H3,(H,23,24);1H. The van der Waals surface area contributed by atoms with Crippen LogP contribution < -0.4 is 5.32 Å². The number of aromatic nitrogens is 2. The Hall–Kier alpha value is -1.24. The number of methoxy groups -OCH3 is 1. The van der Waals surface area contributed by atoms with E-state index in [9.17, 15) is 0 Å². The third-order valence-corrected chi connectivity index (χ3v) is 6.99. The quantitative estimate of drug-likeness (QED) is 0.289. The summed E-state index contributed by atoms with van der Waals surface area (Å²) in [7, 11) is 5.60. The van der Waals surface area contributed by atoms with E-state index in [4.69, 9.17) is 9.15 Å². The van der Waals surface area contributed by atoms with Crippen LogP contribution in [0.4, 0.5) is 0 Å². The lowest BCUT2D eigenvalue weighted by Crippen LogP contribution is -2.43. The first kappa shape index (κ1) is 27.0. The van der Waals surface area contributed by atoms with Crippen LogP contribution in [-0.2, 0) is 17.8 Å². The fraction of sp³-hybridized carbons (Fsp3) is 0.682. The molecule has 180 valence electrons. The summed E-state index contributed by atoms with van der Waals surface area (Å²) < 4.78 is 11.1. The van der Waals surface area contributed by atoms with Gasteiger partial charge in [-0.3, -0.25) is 9.89 Å². The fourth-order valence-corrected chi connectivity index (χ4v) is 4.61. The smallest absolute Gasteiger partial charge is 0.208 e. The highest BCUT2D eigenvalue weighted by atomic mass is 127. The number of hydrogen-bond donors (Lipinski definition) is 1. The summed E-state index contributed by atoms with van der Waals surface area (Å²) in [4.78, 5) is 18.2. The van der Waals surface area contributed by atoms with Crippen molar-refractivity contribution in [2.75, 3.05) is 40.8 Å². The van der Waals surface area contributed by atoms with Gasteiger partial charge in [0.25, 0.3) is 0 Å². The number of hydrogen-bond acceptors (Lipinski definition) is 7. The first-order valence-corrected chi connectivity index (χ1v) is 11.8. The maximum atomic E-state index is 5.74. The molecule has 1 unspecified atom stereocenters. The molecule has 1 atom stereocenters. The van der Waals surface area contributed by atoms with Gasteiger partial charge in [0.1, 0.15) is 16.9 Å². The average molecular weight is 577 g/mol. The third-order valence-electron chi connectivity index (χ3n) is 5.93. The normalized spacial score (nSPS) is 16.6. The molecule has 1 aliphatic rings. The van der Waals surface area contributed by atoms with E-state index in [1.807, 2.05) is 27.8 Å². The van der Waals surface area contributed by atoms with Crippen LogP contribution in [0.15, 0.2) is 14.8 Å². The molecule has 0 radical (unpaired) electrons. The molecule has 0 amide bonds. The Morgan fingerprint density at radius 3 is 2.69 bits per heavy atom.